The van der Waals surface area contributed by atoms with Gasteiger partial charge in [-0.3, -0.25) is 4.79 Å². The number of hydrogen-bond acceptors (Lipinski definition) is 4. The van der Waals surface area contributed by atoms with Gasteiger partial charge in [0.2, 0.25) is 5.91 Å². The maximum atomic E-state index is 12.1. The third kappa shape index (κ3) is 6.17. The third-order valence-electron chi connectivity index (χ3n) is 4.92. The van der Waals surface area contributed by atoms with Crippen LogP contribution in [-0.2, 0) is 4.79 Å². The molecule has 6 heteroatoms. The second kappa shape index (κ2) is 10.8. The molecular weight excluding hydrogens is 388 g/mol. The van der Waals surface area contributed by atoms with E-state index in [1.54, 1.807) is 4.68 Å². The Balaban J connectivity index is 1.85. The molecule has 0 saturated carbocycles. The van der Waals surface area contributed by atoms with Crippen LogP contribution in [-0.4, -0.2) is 27.3 Å². The minimum atomic E-state index is 0.0481. The SMILES string of the molecule is CCCCCC(=O)Nc1ccc(-n2nc(OCC(C)C)nc2-c2ccccc2C)cc1. The van der Waals surface area contributed by atoms with Crippen molar-refractivity contribution in [3.63, 3.8) is 0 Å². The fraction of sp³-hybridized carbons (Fsp3) is 0.400. The first-order valence-electron chi connectivity index (χ1n) is 11.0. The summed E-state index contributed by atoms with van der Waals surface area (Å²) in [5, 5.41) is 7.57. The zero-order valence-electron chi connectivity index (χ0n) is 18.9. The highest BCUT2D eigenvalue weighted by atomic mass is 16.5. The Hall–Kier alpha value is -3.15. The summed E-state index contributed by atoms with van der Waals surface area (Å²) in [6, 6.07) is 16.1. The predicted molar refractivity (Wildman–Crippen MR) is 125 cm³/mol. The third-order valence-corrected chi connectivity index (χ3v) is 4.92. The molecule has 1 amide bonds. The van der Waals surface area contributed by atoms with Crippen LogP contribution >= 0.6 is 0 Å². The first-order valence-corrected chi connectivity index (χ1v) is 11.0. The van der Waals surface area contributed by atoms with Gasteiger partial charge in [0.25, 0.3) is 0 Å². The Bertz CT molecular complexity index is 993. The molecule has 0 spiro atoms. The topological polar surface area (TPSA) is 69.0 Å². The lowest BCUT2D eigenvalue weighted by Gasteiger charge is -2.09. The number of nitrogens with one attached hydrogen (secondary N) is 1. The summed E-state index contributed by atoms with van der Waals surface area (Å²) in [6.07, 6.45) is 3.64. The van der Waals surface area contributed by atoms with Gasteiger partial charge in [0, 0.05) is 17.7 Å². The summed E-state index contributed by atoms with van der Waals surface area (Å²) in [5.74, 6) is 1.16. The lowest BCUT2D eigenvalue weighted by molar-refractivity contribution is -0.116. The highest BCUT2D eigenvalue weighted by Crippen LogP contribution is 2.27. The van der Waals surface area contributed by atoms with Crippen LogP contribution in [0.25, 0.3) is 17.1 Å². The maximum Gasteiger partial charge on any atom is 0.336 e. The number of aromatic nitrogens is 3. The number of benzene rings is 2. The van der Waals surface area contributed by atoms with Crippen LogP contribution in [0.3, 0.4) is 0 Å². The van der Waals surface area contributed by atoms with Crippen molar-refractivity contribution in [1.82, 2.24) is 14.8 Å². The molecule has 164 valence electrons. The van der Waals surface area contributed by atoms with Crippen LogP contribution in [0, 0.1) is 12.8 Å². The van der Waals surface area contributed by atoms with Crippen LogP contribution in [0.2, 0.25) is 0 Å². The molecule has 0 fully saturated rings. The standard InChI is InChI=1S/C25H32N4O2/c1-5-6-7-12-23(30)26-20-13-15-21(16-14-20)29-24(22-11-9-8-10-19(22)4)27-25(28-29)31-17-18(2)3/h8-11,13-16,18H,5-7,12,17H2,1-4H3,(H,26,30). The zero-order chi connectivity index (χ0) is 22.2. The van der Waals surface area contributed by atoms with E-state index in [4.69, 9.17) is 4.74 Å². The number of carbonyl (C=O) groups excluding carboxylic acids is 1. The molecule has 3 aromatic rings. The van der Waals surface area contributed by atoms with Gasteiger partial charge >= 0.3 is 6.01 Å². The van der Waals surface area contributed by atoms with Gasteiger partial charge in [0.15, 0.2) is 5.82 Å². The number of carbonyl (C=O) groups is 1. The van der Waals surface area contributed by atoms with E-state index in [0.29, 0.717) is 25.0 Å². The van der Waals surface area contributed by atoms with Gasteiger partial charge in [-0.05, 0) is 49.1 Å². The fourth-order valence-electron chi connectivity index (χ4n) is 3.22. The van der Waals surface area contributed by atoms with Gasteiger partial charge in [-0.15, -0.1) is 5.10 Å². The van der Waals surface area contributed by atoms with Crippen LogP contribution < -0.4 is 10.1 Å². The van der Waals surface area contributed by atoms with E-state index in [9.17, 15) is 4.79 Å². The molecule has 0 unspecified atom stereocenters. The number of nitrogens with zero attached hydrogens (tertiary/aromatic N) is 3. The average Bonchev–Trinajstić information content (AvgIpc) is 3.17. The van der Waals surface area contributed by atoms with E-state index >= 15 is 0 Å². The van der Waals surface area contributed by atoms with Crippen molar-refractivity contribution in [2.45, 2.75) is 53.4 Å². The number of hydrogen-bond donors (Lipinski definition) is 1. The molecule has 0 bridgehead atoms. The van der Waals surface area contributed by atoms with Gasteiger partial charge in [0.1, 0.15) is 0 Å². The molecule has 0 aliphatic heterocycles. The van der Waals surface area contributed by atoms with E-state index in [-0.39, 0.29) is 5.91 Å². The largest absolute Gasteiger partial charge is 0.462 e. The second-order valence-electron chi connectivity index (χ2n) is 8.20. The van der Waals surface area contributed by atoms with Crippen molar-refractivity contribution < 1.29 is 9.53 Å². The second-order valence-corrected chi connectivity index (χ2v) is 8.20. The molecule has 1 heterocycles. The number of unbranched alkanes of at least 4 members (excludes halogenated alkanes) is 2. The van der Waals surface area contributed by atoms with Crippen LogP contribution in [0.15, 0.2) is 48.5 Å². The average molecular weight is 421 g/mol. The molecule has 0 atom stereocenters. The summed E-state index contributed by atoms with van der Waals surface area (Å²) in [4.78, 5) is 16.8. The molecule has 31 heavy (non-hydrogen) atoms. The number of rotatable bonds is 10. The predicted octanol–water partition coefficient (Wildman–Crippen LogP) is 5.80. The summed E-state index contributed by atoms with van der Waals surface area (Å²) < 4.78 is 7.59. The Morgan fingerprint density at radius 3 is 2.52 bits per heavy atom. The summed E-state index contributed by atoms with van der Waals surface area (Å²) in [5.41, 5.74) is 3.75. The quantitative estimate of drug-likeness (QED) is 0.421. The number of ether oxygens (including phenoxy) is 1. The molecule has 0 aliphatic carbocycles. The molecule has 1 aromatic heterocycles. The van der Waals surface area contributed by atoms with Gasteiger partial charge < -0.3 is 10.1 Å². The first-order chi connectivity index (χ1) is 15.0. The molecule has 1 N–H and O–H groups in total. The van der Waals surface area contributed by atoms with E-state index in [0.717, 1.165) is 47.6 Å². The van der Waals surface area contributed by atoms with Crippen molar-refractivity contribution in [2.75, 3.05) is 11.9 Å². The first kappa shape index (κ1) is 22.5. The monoisotopic (exact) mass is 420 g/mol. The van der Waals surface area contributed by atoms with Crippen LogP contribution in [0.4, 0.5) is 5.69 Å². The van der Waals surface area contributed by atoms with Crippen molar-refractivity contribution in [1.29, 1.82) is 0 Å². The van der Waals surface area contributed by atoms with Gasteiger partial charge in [-0.25, -0.2) is 4.68 Å². The number of amides is 1. The van der Waals surface area contributed by atoms with Crippen molar-refractivity contribution in [2.24, 2.45) is 5.92 Å². The maximum absolute atomic E-state index is 12.1. The molecule has 0 aliphatic rings. The lowest BCUT2D eigenvalue weighted by Crippen LogP contribution is -2.11. The summed E-state index contributed by atoms with van der Waals surface area (Å²) >= 11 is 0. The number of anilines is 1. The normalized spacial score (nSPS) is 11.0. The minimum Gasteiger partial charge on any atom is -0.462 e. The number of aryl methyl sites for hydroxylation is 1. The Morgan fingerprint density at radius 1 is 1.10 bits per heavy atom. The lowest BCUT2D eigenvalue weighted by atomic mass is 10.1. The molecule has 2 aromatic carbocycles. The highest BCUT2D eigenvalue weighted by Gasteiger charge is 2.16. The van der Waals surface area contributed by atoms with Gasteiger partial charge in [0.05, 0.1) is 12.3 Å². The van der Waals surface area contributed by atoms with E-state index in [2.05, 4.69) is 49.2 Å². The smallest absolute Gasteiger partial charge is 0.336 e. The summed E-state index contributed by atoms with van der Waals surface area (Å²) in [7, 11) is 0. The van der Waals surface area contributed by atoms with E-state index < -0.39 is 0 Å². The molecule has 6 nitrogen and oxygen atoms in total. The Morgan fingerprint density at radius 2 is 1.84 bits per heavy atom. The van der Waals surface area contributed by atoms with Crippen molar-refractivity contribution >= 4 is 11.6 Å². The van der Waals surface area contributed by atoms with E-state index in [1.807, 2.05) is 42.5 Å². The highest BCUT2D eigenvalue weighted by molar-refractivity contribution is 5.90. The van der Waals surface area contributed by atoms with Gasteiger partial charge in [-0.2, -0.15) is 4.98 Å². The molecular formula is C25H32N4O2. The molecule has 0 radical (unpaired) electrons. The Kier molecular flexibility index (Phi) is 7.82. The van der Waals surface area contributed by atoms with Crippen LogP contribution in [0.1, 0.15) is 52.0 Å². The van der Waals surface area contributed by atoms with Gasteiger partial charge in [-0.1, -0.05) is 57.9 Å². The van der Waals surface area contributed by atoms with Crippen molar-refractivity contribution in [3.05, 3.63) is 54.1 Å². The molecule has 0 saturated heterocycles. The van der Waals surface area contributed by atoms with Crippen molar-refractivity contribution in [3.8, 4) is 23.1 Å². The van der Waals surface area contributed by atoms with E-state index in [1.165, 1.54) is 0 Å². The minimum absolute atomic E-state index is 0.0481. The molecule has 3 rings (SSSR count). The fourth-order valence-corrected chi connectivity index (χ4v) is 3.22. The summed E-state index contributed by atoms with van der Waals surface area (Å²) in [6.45, 7) is 8.93. The zero-order valence-corrected chi connectivity index (χ0v) is 18.9. The van der Waals surface area contributed by atoms with Crippen LogP contribution in [0.5, 0.6) is 6.01 Å². The Labute approximate surface area is 184 Å².